The van der Waals surface area contributed by atoms with Crippen LogP contribution in [-0.2, 0) is 9.47 Å². The van der Waals surface area contributed by atoms with Crippen LogP contribution in [0.4, 0.5) is 0 Å². The van der Waals surface area contributed by atoms with Gasteiger partial charge in [-0.2, -0.15) is 0 Å². The molecule has 21 heavy (non-hydrogen) atoms. The molecule has 2 heterocycles. The van der Waals surface area contributed by atoms with Crippen LogP contribution in [0, 0.1) is 16.7 Å². The van der Waals surface area contributed by atoms with Crippen molar-refractivity contribution in [2.45, 2.75) is 70.1 Å². The molecule has 0 aromatic rings. The zero-order valence-electron chi connectivity index (χ0n) is 13.5. The van der Waals surface area contributed by atoms with Gasteiger partial charge in [0.05, 0.1) is 17.6 Å². The molecular formula is C18H26O3. The molecular weight excluding hydrogens is 264 g/mol. The van der Waals surface area contributed by atoms with Gasteiger partial charge < -0.3 is 14.6 Å². The Hall–Kier alpha value is -0.640. The van der Waals surface area contributed by atoms with Crippen LogP contribution in [0.25, 0.3) is 0 Å². The Morgan fingerprint density at radius 2 is 2.00 bits per heavy atom. The maximum Gasteiger partial charge on any atom is 0.179 e. The third-order valence-electron chi connectivity index (χ3n) is 6.89. The third kappa shape index (κ3) is 1.21. The molecule has 3 heteroatoms. The van der Waals surface area contributed by atoms with Crippen molar-refractivity contribution in [1.29, 1.82) is 0 Å². The average molecular weight is 290 g/mol. The molecule has 116 valence electrons. The highest BCUT2D eigenvalue weighted by molar-refractivity contribution is 5.39. The minimum absolute atomic E-state index is 0.0379. The lowest BCUT2D eigenvalue weighted by atomic mass is 9.46. The molecule has 1 N–H and O–H groups in total. The first-order valence-corrected chi connectivity index (χ1v) is 8.07. The summed E-state index contributed by atoms with van der Waals surface area (Å²) in [5.74, 6) is -0.781. The molecule has 0 aromatic carbocycles. The van der Waals surface area contributed by atoms with Crippen molar-refractivity contribution < 1.29 is 14.6 Å². The molecule has 6 atom stereocenters. The fourth-order valence-corrected chi connectivity index (χ4v) is 6.18. The van der Waals surface area contributed by atoms with Crippen molar-refractivity contribution in [3.8, 4) is 0 Å². The summed E-state index contributed by atoms with van der Waals surface area (Å²) in [7, 11) is 0. The fourth-order valence-electron chi connectivity index (χ4n) is 6.18. The van der Waals surface area contributed by atoms with E-state index in [1.165, 1.54) is 0 Å². The summed E-state index contributed by atoms with van der Waals surface area (Å²) in [4.78, 5) is 0. The van der Waals surface area contributed by atoms with Crippen molar-refractivity contribution in [1.82, 2.24) is 0 Å². The molecule has 0 spiro atoms. The zero-order chi connectivity index (χ0) is 15.3. The Morgan fingerprint density at radius 1 is 1.29 bits per heavy atom. The van der Waals surface area contributed by atoms with E-state index < -0.39 is 11.4 Å². The van der Waals surface area contributed by atoms with Gasteiger partial charge in [0.1, 0.15) is 5.60 Å². The highest BCUT2D eigenvalue weighted by atomic mass is 16.7. The van der Waals surface area contributed by atoms with Crippen molar-refractivity contribution >= 4 is 0 Å². The summed E-state index contributed by atoms with van der Waals surface area (Å²) in [6, 6.07) is 0. The van der Waals surface area contributed by atoms with E-state index >= 15 is 0 Å². The molecule has 1 saturated carbocycles. The lowest BCUT2D eigenvalue weighted by Crippen LogP contribution is -2.66. The molecule has 4 aliphatic rings. The van der Waals surface area contributed by atoms with Crippen LogP contribution >= 0.6 is 0 Å². The van der Waals surface area contributed by atoms with Gasteiger partial charge >= 0.3 is 0 Å². The second-order valence-electron chi connectivity index (χ2n) is 8.45. The Kier molecular flexibility index (Phi) is 2.31. The fraction of sp³-hybridized carbons (Fsp3) is 0.778. The van der Waals surface area contributed by atoms with Crippen molar-refractivity contribution in [2.75, 3.05) is 0 Å². The Labute approximate surface area is 127 Å². The van der Waals surface area contributed by atoms with Crippen LogP contribution in [0.5, 0.6) is 0 Å². The van der Waals surface area contributed by atoms with E-state index in [2.05, 4.69) is 33.4 Å². The first kappa shape index (κ1) is 14.0. The largest absolute Gasteiger partial charge is 0.386 e. The normalized spacial score (nSPS) is 59.3. The first-order valence-electron chi connectivity index (χ1n) is 8.07. The maximum atomic E-state index is 11.0. The van der Waals surface area contributed by atoms with E-state index in [0.717, 1.165) is 12.8 Å². The molecule has 2 aliphatic heterocycles. The number of hydrogen-bond donors (Lipinski definition) is 1. The van der Waals surface area contributed by atoms with E-state index in [1.54, 1.807) is 0 Å². The van der Waals surface area contributed by atoms with Crippen LogP contribution in [0.2, 0.25) is 0 Å². The summed E-state index contributed by atoms with van der Waals surface area (Å²) in [5.41, 5.74) is -1.40. The van der Waals surface area contributed by atoms with Crippen LogP contribution in [0.3, 0.4) is 0 Å². The summed E-state index contributed by atoms with van der Waals surface area (Å²) in [6.07, 6.45) is 8.85. The number of hydrogen-bond acceptors (Lipinski definition) is 3. The summed E-state index contributed by atoms with van der Waals surface area (Å²) >= 11 is 0. The van der Waals surface area contributed by atoms with Crippen molar-refractivity contribution in [2.24, 2.45) is 16.7 Å². The summed E-state index contributed by atoms with van der Waals surface area (Å²) in [6.45, 7) is 12.6. The quantitative estimate of drug-likeness (QED) is 0.794. The SMILES string of the molecule is C=CC[C@@]12O[C@H]3CCC(C)(C)[C@@]4(C=C[C@](C)(O)[C@@H]1[C@@]34C)O2. The Bertz CT molecular complexity index is 549. The van der Waals surface area contributed by atoms with Crippen LogP contribution in [-0.4, -0.2) is 28.2 Å². The van der Waals surface area contributed by atoms with E-state index in [4.69, 9.17) is 9.47 Å². The van der Waals surface area contributed by atoms with Gasteiger partial charge in [-0.3, -0.25) is 0 Å². The van der Waals surface area contributed by atoms with E-state index in [-0.39, 0.29) is 28.5 Å². The van der Waals surface area contributed by atoms with E-state index in [9.17, 15) is 5.11 Å². The van der Waals surface area contributed by atoms with Gasteiger partial charge in [-0.1, -0.05) is 39.0 Å². The van der Waals surface area contributed by atoms with Crippen molar-refractivity contribution in [3.05, 3.63) is 24.8 Å². The molecule has 2 aliphatic carbocycles. The van der Waals surface area contributed by atoms with Crippen LogP contribution in [0.15, 0.2) is 24.8 Å². The number of rotatable bonds is 2. The molecule has 4 rings (SSSR count). The summed E-state index contributed by atoms with van der Waals surface area (Å²) in [5, 5.41) is 11.0. The predicted octanol–water partition coefficient (Wildman–Crippen LogP) is 3.19. The number of ether oxygens (including phenoxy) is 2. The van der Waals surface area contributed by atoms with Gasteiger partial charge in [0.2, 0.25) is 0 Å². The first-order chi connectivity index (χ1) is 9.65. The molecule has 0 aromatic heterocycles. The second kappa shape index (κ2) is 3.47. The number of aliphatic hydroxyl groups is 1. The highest BCUT2D eigenvalue weighted by Crippen LogP contribution is 2.77. The van der Waals surface area contributed by atoms with Gasteiger partial charge in [-0.15, -0.1) is 6.58 Å². The minimum atomic E-state index is -0.903. The van der Waals surface area contributed by atoms with Gasteiger partial charge in [0, 0.05) is 11.8 Å². The topological polar surface area (TPSA) is 38.7 Å². The van der Waals surface area contributed by atoms with Gasteiger partial charge in [0.25, 0.3) is 0 Å². The van der Waals surface area contributed by atoms with Crippen LogP contribution in [0.1, 0.15) is 47.0 Å². The second-order valence-corrected chi connectivity index (χ2v) is 8.45. The zero-order valence-corrected chi connectivity index (χ0v) is 13.5. The van der Waals surface area contributed by atoms with Gasteiger partial charge in [-0.25, -0.2) is 0 Å². The highest BCUT2D eigenvalue weighted by Gasteiger charge is 2.84. The van der Waals surface area contributed by atoms with Crippen molar-refractivity contribution in [3.63, 3.8) is 0 Å². The Balaban J connectivity index is 2.01. The molecule has 0 unspecified atom stereocenters. The average Bonchev–Trinajstić information content (AvgIpc) is 2.70. The molecule has 0 amide bonds. The monoisotopic (exact) mass is 290 g/mol. The molecule has 2 saturated heterocycles. The Morgan fingerprint density at radius 3 is 2.67 bits per heavy atom. The predicted molar refractivity (Wildman–Crippen MR) is 80.6 cm³/mol. The van der Waals surface area contributed by atoms with Gasteiger partial charge in [-0.05, 0) is 25.2 Å². The minimum Gasteiger partial charge on any atom is -0.386 e. The van der Waals surface area contributed by atoms with E-state index in [0.29, 0.717) is 6.42 Å². The summed E-state index contributed by atoms with van der Waals surface area (Å²) < 4.78 is 13.1. The maximum absolute atomic E-state index is 11.0. The standard InChI is InChI=1S/C18H26O3/c1-6-8-17-13-15(4,19)10-11-18(21-17)14(2,3)9-7-12(20-17)16(13,18)5/h6,10-13,19H,1,7-9H2,2-5H3/t12-,13+,15-,16+,17-,18+/m0/s1. The smallest absolute Gasteiger partial charge is 0.179 e. The lowest BCUT2D eigenvalue weighted by Gasteiger charge is -2.61. The third-order valence-corrected chi connectivity index (χ3v) is 6.89. The van der Waals surface area contributed by atoms with E-state index in [1.807, 2.05) is 19.1 Å². The van der Waals surface area contributed by atoms with Gasteiger partial charge in [0.15, 0.2) is 5.79 Å². The van der Waals surface area contributed by atoms with Crippen LogP contribution < -0.4 is 0 Å². The molecule has 3 fully saturated rings. The lowest BCUT2D eigenvalue weighted by molar-refractivity contribution is -0.341. The molecule has 4 bridgehead atoms. The molecule has 0 radical (unpaired) electrons. The molecule has 3 nitrogen and oxygen atoms in total.